The van der Waals surface area contributed by atoms with E-state index in [9.17, 15) is 4.79 Å². The molecule has 100 valence electrons. The highest BCUT2D eigenvalue weighted by Crippen LogP contribution is 2.25. The predicted molar refractivity (Wildman–Crippen MR) is 71.6 cm³/mol. The van der Waals surface area contributed by atoms with Crippen LogP contribution in [0.25, 0.3) is 0 Å². The second-order valence-electron chi connectivity index (χ2n) is 5.10. The van der Waals surface area contributed by atoms with E-state index >= 15 is 0 Å². The first kappa shape index (κ1) is 13.4. The maximum Gasteiger partial charge on any atom is 0.245 e. The Morgan fingerprint density at radius 1 is 1.33 bits per heavy atom. The predicted octanol–water partition coefficient (Wildman–Crippen LogP) is 2.76. The van der Waals surface area contributed by atoms with E-state index in [1.54, 1.807) is 6.20 Å². The molecule has 2 heterocycles. The first-order valence-electron chi connectivity index (χ1n) is 6.56. The Kier molecular flexibility index (Phi) is 4.27. The summed E-state index contributed by atoms with van der Waals surface area (Å²) in [4.78, 5) is 14.1. The molecule has 0 N–H and O–H groups in total. The Labute approximate surface area is 113 Å². The molecule has 4 nitrogen and oxygen atoms in total. The van der Waals surface area contributed by atoms with Crippen LogP contribution in [0.15, 0.2) is 12.4 Å². The molecule has 0 spiro atoms. The summed E-state index contributed by atoms with van der Waals surface area (Å²) in [5.74, 6) is 0.0136. The fourth-order valence-corrected chi connectivity index (χ4v) is 2.43. The van der Waals surface area contributed by atoms with Crippen molar-refractivity contribution >= 4 is 17.5 Å². The lowest BCUT2D eigenvalue weighted by Crippen LogP contribution is -2.37. The molecule has 0 aliphatic carbocycles. The van der Waals surface area contributed by atoms with E-state index < -0.39 is 5.38 Å². The Morgan fingerprint density at radius 2 is 2.00 bits per heavy atom. The highest BCUT2D eigenvalue weighted by atomic mass is 35.5. The number of nitrogens with zero attached hydrogens (tertiary/aromatic N) is 3. The molecule has 2 rings (SSSR count). The highest BCUT2D eigenvalue weighted by molar-refractivity contribution is 6.30. The van der Waals surface area contributed by atoms with Crippen LogP contribution in [-0.4, -0.2) is 33.7 Å². The highest BCUT2D eigenvalue weighted by Gasteiger charge is 2.26. The number of likely N-dealkylation sites (tertiary alicyclic amines) is 1. The largest absolute Gasteiger partial charge is 0.341 e. The zero-order chi connectivity index (χ0) is 13.1. The van der Waals surface area contributed by atoms with Crippen molar-refractivity contribution in [3.05, 3.63) is 18.0 Å². The molecule has 0 saturated carbocycles. The van der Waals surface area contributed by atoms with Crippen molar-refractivity contribution in [1.29, 1.82) is 0 Å². The average molecular weight is 270 g/mol. The smallest absolute Gasteiger partial charge is 0.245 e. The summed E-state index contributed by atoms with van der Waals surface area (Å²) in [6.45, 7) is 5.76. The molecule has 1 aliphatic heterocycles. The number of aromatic nitrogens is 2. The second kappa shape index (κ2) is 5.74. The quantitative estimate of drug-likeness (QED) is 0.792. The molecule has 1 amide bonds. The summed E-state index contributed by atoms with van der Waals surface area (Å²) in [6.07, 6.45) is 6.94. The van der Waals surface area contributed by atoms with Gasteiger partial charge in [0.1, 0.15) is 5.38 Å². The monoisotopic (exact) mass is 269 g/mol. The Hall–Kier alpha value is -1.03. The van der Waals surface area contributed by atoms with Gasteiger partial charge in [-0.3, -0.25) is 9.48 Å². The van der Waals surface area contributed by atoms with E-state index in [0.29, 0.717) is 0 Å². The average Bonchev–Trinajstić information content (AvgIpc) is 2.88. The lowest BCUT2D eigenvalue weighted by atomic mass is 10.1. The molecule has 1 atom stereocenters. The minimum absolute atomic E-state index is 0.0136. The van der Waals surface area contributed by atoms with Crippen LogP contribution in [0, 0.1) is 0 Å². The van der Waals surface area contributed by atoms with Gasteiger partial charge in [-0.15, -0.1) is 11.6 Å². The summed E-state index contributed by atoms with van der Waals surface area (Å²) in [7, 11) is 0. The van der Waals surface area contributed by atoms with E-state index in [1.165, 1.54) is 6.42 Å². The number of piperidine rings is 1. The van der Waals surface area contributed by atoms with Crippen LogP contribution < -0.4 is 0 Å². The van der Waals surface area contributed by atoms with Gasteiger partial charge in [0, 0.05) is 30.9 Å². The number of carbonyl (C=O) groups is 1. The molecule has 0 bridgehead atoms. The molecule has 18 heavy (non-hydrogen) atoms. The number of halogens is 1. The SMILES string of the molecule is CC(C)n1cc(C(Cl)C(=O)N2CCCCC2)cn1. The van der Waals surface area contributed by atoms with Gasteiger partial charge >= 0.3 is 0 Å². The van der Waals surface area contributed by atoms with E-state index in [-0.39, 0.29) is 11.9 Å². The molecular formula is C13H20ClN3O. The third kappa shape index (κ3) is 2.86. The van der Waals surface area contributed by atoms with E-state index in [4.69, 9.17) is 11.6 Å². The summed E-state index contributed by atoms with van der Waals surface area (Å²) in [5.41, 5.74) is 0.793. The first-order valence-corrected chi connectivity index (χ1v) is 7.00. The molecule has 0 radical (unpaired) electrons. The fourth-order valence-electron chi connectivity index (χ4n) is 2.18. The summed E-state index contributed by atoms with van der Waals surface area (Å²) in [6, 6.07) is 0.285. The lowest BCUT2D eigenvalue weighted by Gasteiger charge is -2.28. The number of alkyl halides is 1. The van der Waals surface area contributed by atoms with Gasteiger partial charge in [-0.25, -0.2) is 0 Å². The van der Waals surface area contributed by atoms with Crippen molar-refractivity contribution in [1.82, 2.24) is 14.7 Å². The number of hydrogen-bond acceptors (Lipinski definition) is 2. The topological polar surface area (TPSA) is 38.1 Å². The van der Waals surface area contributed by atoms with Crippen LogP contribution >= 0.6 is 11.6 Å². The van der Waals surface area contributed by atoms with E-state index in [2.05, 4.69) is 5.10 Å². The molecule has 1 aromatic heterocycles. The molecule has 1 saturated heterocycles. The van der Waals surface area contributed by atoms with Crippen molar-refractivity contribution < 1.29 is 4.79 Å². The minimum Gasteiger partial charge on any atom is -0.341 e. The molecule has 5 heteroatoms. The van der Waals surface area contributed by atoms with Gasteiger partial charge in [0.05, 0.1) is 6.20 Å². The third-order valence-corrected chi connectivity index (χ3v) is 3.77. The normalized spacial score (nSPS) is 18.1. The van der Waals surface area contributed by atoms with E-state index in [0.717, 1.165) is 31.5 Å². The van der Waals surface area contributed by atoms with Gasteiger partial charge in [-0.05, 0) is 33.1 Å². The van der Waals surface area contributed by atoms with Crippen molar-refractivity contribution in [2.45, 2.75) is 44.5 Å². The summed E-state index contributed by atoms with van der Waals surface area (Å²) >= 11 is 6.26. The maximum atomic E-state index is 12.2. The Morgan fingerprint density at radius 3 is 2.56 bits per heavy atom. The zero-order valence-corrected chi connectivity index (χ0v) is 11.7. The Bertz CT molecular complexity index is 410. The standard InChI is InChI=1S/C13H20ClN3O/c1-10(2)17-9-11(8-15-17)12(14)13(18)16-6-4-3-5-7-16/h8-10,12H,3-7H2,1-2H3. The molecule has 1 unspecified atom stereocenters. The van der Waals surface area contributed by atoms with Crippen molar-refractivity contribution in [2.24, 2.45) is 0 Å². The van der Waals surface area contributed by atoms with Crippen LogP contribution in [0.5, 0.6) is 0 Å². The van der Waals surface area contributed by atoms with Gasteiger partial charge < -0.3 is 4.90 Å². The van der Waals surface area contributed by atoms with Crippen LogP contribution in [0.2, 0.25) is 0 Å². The van der Waals surface area contributed by atoms with Crippen LogP contribution in [-0.2, 0) is 4.79 Å². The summed E-state index contributed by atoms with van der Waals surface area (Å²) < 4.78 is 1.83. The maximum absolute atomic E-state index is 12.2. The van der Waals surface area contributed by atoms with Gasteiger partial charge in [0.2, 0.25) is 5.91 Å². The van der Waals surface area contributed by atoms with Crippen LogP contribution in [0.4, 0.5) is 0 Å². The van der Waals surface area contributed by atoms with Crippen molar-refractivity contribution in [3.63, 3.8) is 0 Å². The van der Waals surface area contributed by atoms with Gasteiger partial charge in [0.25, 0.3) is 0 Å². The number of amides is 1. The molecule has 1 fully saturated rings. The third-order valence-electron chi connectivity index (χ3n) is 3.33. The van der Waals surface area contributed by atoms with Gasteiger partial charge in [-0.1, -0.05) is 0 Å². The minimum atomic E-state index is -0.601. The molecule has 1 aromatic rings. The molecular weight excluding hydrogens is 250 g/mol. The second-order valence-corrected chi connectivity index (χ2v) is 5.53. The Balaban J connectivity index is 2.04. The van der Waals surface area contributed by atoms with E-state index in [1.807, 2.05) is 29.6 Å². The lowest BCUT2D eigenvalue weighted by molar-refractivity contribution is -0.131. The fraction of sp³-hybridized carbons (Fsp3) is 0.692. The van der Waals surface area contributed by atoms with Crippen molar-refractivity contribution in [2.75, 3.05) is 13.1 Å². The zero-order valence-electron chi connectivity index (χ0n) is 11.0. The number of carbonyl (C=O) groups excluding carboxylic acids is 1. The molecule has 0 aromatic carbocycles. The first-order chi connectivity index (χ1) is 8.59. The molecule has 1 aliphatic rings. The van der Waals surface area contributed by atoms with Gasteiger partial charge in [0.15, 0.2) is 0 Å². The van der Waals surface area contributed by atoms with Crippen molar-refractivity contribution in [3.8, 4) is 0 Å². The summed E-state index contributed by atoms with van der Waals surface area (Å²) in [5, 5.41) is 3.62. The van der Waals surface area contributed by atoms with Gasteiger partial charge in [-0.2, -0.15) is 5.10 Å². The van der Waals surface area contributed by atoms with Crippen LogP contribution in [0.3, 0.4) is 0 Å². The number of rotatable bonds is 3. The number of hydrogen-bond donors (Lipinski definition) is 0. The van der Waals surface area contributed by atoms with Crippen LogP contribution in [0.1, 0.15) is 50.1 Å².